The fraction of sp³-hybridized carbons (Fsp3) is 0.208. The largest absolute Gasteiger partial charge is 0.497 e. The van der Waals surface area contributed by atoms with Crippen LogP contribution in [0.4, 0.5) is 14.5 Å². The maximum atomic E-state index is 14.1. The van der Waals surface area contributed by atoms with Crippen LogP contribution in [0.3, 0.4) is 0 Å². The lowest BCUT2D eigenvalue weighted by Crippen LogP contribution is -2.43. The van der Waals surface area contributed by atoms with Crippen LogP contribution < -0.4 is 14.8 Å². The zero-order valence-electron chi connectivity index (χ0n) is 18.1. The summed E-state index contributed by atoms with van der Waals surface area (Å²) in [6.45, 7) is -0.124. The van der Waals surface area contributed by atoms with Crippen LogP contribution in [-0.4, -0.2) is 44.4 Å². The summed E-state index contributed by atoms with van der Waals surface area (Å²) in [5, 5.41) is 2.21. The number of hydrogen-bond acceptors (Lipinski definition) is 5. The molecule has 1 N–H and O–H groups in total. The van der Waals surface area contributed by atoms with Gasteiger partial charge in [0.15, 0.2) is 0 Å². The van der Waals surface area contributed by atoms with E-state index in [4.69, 9.17) is 9.47 Å². The third-order valence-corrected chi connectivity index (χ3v) is 7.33. The van der Waals surface area contributed by atoms with Crippen molar-refractivity contribution in [2.24, 2.45) is 0 Å². The number of anilines is 1. The van der Waals surface area contributed by atoms with Crippen LogP contribution in [0.15, 0.2) is 77.7 Å². The minimum Gasteiger partial charge on any atom is -0.497 e. The van der Waals surface area contributed by atoms with Crippen molar-refractivity contribution in [2.75, 3.05) is 19.0 Å². The summed E-state index contributed by atoms with van der Waals surface area (Å²) in [6, 6.07) is 16.4. The zero-order chi connectivity index (χ0) is 24.3. The maximum Gasteiger partial charge on any atom is 0.243 e. The fourth-order valence-electron chi connectivity index (χ4n) is 3.76. The topological polar surface area (TPSA) is 84.9 Å². The normalized spacial score (nSPS) is 18.4. The second kappa shape index (κ2) is 9.78. The van der Waals surface area contributed by atoms with Crippen molar-refractivity contribution in [1.82, 2.24) is 4.31 Å². The highest BCUT2D eigenvalue weighted by molar-refractivity contribution is 7.89. The van der Waals surface area contributed by atoms with Gasteiger partial charge in [-0.25, -0.2) is 17.2 Å². The Hall–Kier alpha value is -3.50. The molecule has 34 heavy (non-hydrogen) atoms. The van der Waals surface area contributed by atoms with Crippen LogP contribution in [0.2, 0.25) is 0 Å². The van der Waals surface area contributed by atoms with Crippen LogP contribution in [0.5, 0.6) is 11.5 Å². The van der Waals surface area contributed by atoms with Crippen molar-refractivity contribution in [3.05, 3.63) is 84.4 Å². The highest BCUT2D eigenvalue weighted by Crippen LogP contribution is 2.31. The van der Waals surface area contributed by atoms with E-state index in [-0.39, 0.29) is 17.9 Å². The van der Waals surface area contributed by atoms with Gasteiger partial charge in [-0.2, -0.15) is 4.31 Å². The quantitative estimate of drug-likeness (QED) is 0.547. The van der Waals surface area contributed by atoms with Gasteiger partial charge in [-0.15, -0.1) is 0 Å². The molecular formula is C24H22F2N2O5S. The first-order valence-electron chi connectivity index (χ1n) is 10.4. The first-order chi connectivity index (χ1) is 16.3. The Morgan fingerprint density at radius 2 is 1.59 bits per heavy atom. The molecule has 1 amide bonds. The third-order valence-electron chi connectivity index (χ3n) is 5.44. The predicted octanol–water partition coefficient (Wildman–Crippen LogP) is 3.82. The molecule has 4 rings (SSSR count). The highest BCUT2D eigenvalue weighted by atomic mass is 32.2. The number of carbonyl (C=O) groups is 1. The van der Waals surface area contributed by atoms with Crippen LogP contribution >= 0.6 is 0 Å². The number of nitrogens with one attached hydrogen (secondary N) is 1. The van der Waals surface area contributed by atoms with E-state index in [1.165, 1.54) is 37.4 Å². The van der Waals surface area contributed by atoms with Crippen molar-refractivity contribution in [2.45, 2.75) is 23.5 Å². The molecule has 1 aliphatic heterocycles. The predicted molar refractivity (Wildman–Crippen MR) is 121 cm³/mol. The van der Waals surface area contributed by atoms with Crippen LogP contribution in [0, 0.1) is 11.6 Å². The van der Waals surface area contributed by atoms with E-state index in [2.05, 4.69) is 5.32 Å². The van der Waals surface area contributed by atoms with Gasteiger partial charge in [-0.3, -0.25) is 4.79 Å². The molecule has 1 saturated heterocycles. The van der Waals surface area contributed by atoms with Gasteiger partial charge in [0.1, 0.15) is 41.0 Å². The van der Waals surface area contributed by atoms with Gasteiger partial charge in [0.05, 0.1) is 18.6 Å². The average Bonchev–Trinajstić information content (AvgIpc) is 3.27. The Morgan fingerprint density at radius 3 is 2.21 bits per heavy atom. The minimum atomic E-state index is -4.15. The van der Waals surface area contributed by atoms with Crippen molar-refractivity contribution in [3.8, 4) is 11.5 Å². The minimum absolute atomic E-state index is 0.00775. The first kappa shape index (κ1) is 23.7. The lowest BCUT2D eigenvalue weighted by Gasteiger charge is -2.23. The van der Waals surface area contributed by atoms with E-state index in [9.17, 15) is 22.0 Å². The molecule has 0 bridgehead atoms. The van der Waals surface area contributed by atoms with Crippen molar-refractivity contribution < 1.29 is 31.5 Å². The Kier molecular flexibility index (Phi) is 6.80. The van der Waals surface area contributed by atoms with Crippen molar-refractivity contribution in [3.63, 3.8) is 0 Å². The maximum absolute atomic E-state index is 14.1. The third kappa shape index (κ3) is 4.87. The SMILES string of the molecule is COc1ccc(S(=O)(=O)N2CC(Oc3ccccc3)CC2C(=O)Nc2c(F)cccc2F)cc1. The number of nitrogens with zero attached hydrogens (tertiary/aromatic N) is 1. The average molecular weight is 489 g/mol. The molecule has 0 aromatic heterocycles. The number of ether oxygens (including phenoxy) is 2. The van der Waals surface area contributed by atoms with E-state index >= 15 is 0 Å². The summed E-state index contributed by atoms with van der Waals surface area (Å²) in [4.78, 5) is 13.0. The molecule has 3 aromatic rings. The zero-order valence-corrected chi connectivity index (χ0v) is 19.0. The smallest absolute Gasteiger partial charge is 0.243 e. The number of carbonyl (C=O) groups excluding carboxylic acids is 1. The van der Waals surface area contributed by atoms with E-state index in [0.29, 0.717) is 11.5 Å². The summed E-state index contributed by atoms with van der Waals surface area (Å²) in [5.41, 5.74) is -0.637. The number of methoxy groups -OCH3 is 1. The van der Waals surface area contributed by atoms with Gasteiger partial charge in [-0.1, -0.05) is 24.3 Å². The number of hydrogen-bond donors (Lipinski definition) is 1. The monoisotopic (exact) mass is 488 g/mol. The van der Waals surface area contributed by atoms with Crippen molar-refractivity contribution in [1.29, 1.82) is 0 Å². The number of sulfonamides is 1. The molecule has 2 atom stereocenters. The van der Waals surface area contributed by atoms with Gasteiger partial charge in [-0.05, 0) is 48.5 Å². The van der Waals surface area contributed by atoms with Gasteiger partial charge >= 0.3 is 0 Å². The number of halogens is 2. The molecule has 2 unspecified atom stereocenters. The van der Waals surface area contributed by atoms with Gasteiger partial charge in [0, 0.05) is 6.42 Å². The second-order valence-corrected chi connectivity index (χ2v) is 9.53. The molecule has 0 spiro atoms. The summed E-state index contributed by atoms with van der Waals surface area (Å²) in [7, 11) is -2.69. The summed E-state index contributed by atoms with van der Waals surface area (Å²) < 4.78 is 67.1. The summed E-state index contributed by atoms with van der Waals surface area (Å²) in [5.74, 6) is -1.81. The number of benzene rings is 3. The van der Waals surface area contributed by atoms with E-state index in [1.807, 2.05) is 0 Å². The fourth-order valence-corrected chi connectivity index (χ4v) is 5.39. The van der Waals surface area contributed by atoms with E-state index in [0.717, 1.165) is 16.4 Å². The van der Waals surface area contributed by atoms with Gasteiger partial charge in [0.25, 0.3) is 0 Å². The van der Waals surface area contributed by atoms with E-state index in [1.54, 1.807) is 30.3 Å². The van der Waals surface area contributed by atoms with Crippen LogP contribution in [0.1, 0.15) is 6.42 Å². The molecule has 1 aliphatic rings. The molecule has 7 nitrogen and oxygen atoms in total. The van der Waals surface area contributed by atoms with Gasteiger partial charge < -0.3 is 14.8 Å². The van der Waals surface area contributed by atoms with Crippen molar-refractivity contribution >= 4 is 21.6 Å². The summed E-state index contributed by atoms with van der Waals surface area (Å²) >= 11 is 0. The first-order valence-corrected chi connectivity index (χ1v) is 11.9. The molecule has 1 heterocycles. The number of amides is 1. The Labute approximate surface area is 196 Å². The van der Waals surface area contributed by atoms with Gasteiger partial charge in [0.2, 0.25) is 15.9 Å². The molecule has 10 heteroatoms. The Morgan fingerprint density at radius 1 is 0.941 bits per heavy atom. The summed E-state index contributed by atoms with van der Waals surface area (Å²) in [6.07, 6.45) is -0.664. The molecule has 3 aromatic carbocycles. The second-order valence-electron chi connectivity index (χ2n) is 7.64. The number of rotatable bonds is 7. The van der Waals surface area contributed by atoms with Crippen LogP contribution in [0.25, 0.3) is 0 Å². The molecule has 0 saturated carbocycles. The van der Waals surface area contributed by atoms with Crippen LogP contribution in [-0.2, 0) is 14.8 Å². The van der Waals surface area contributed by atoms with E-state index < -0.39 is 45.4 Å². The lowest BCUT2D eigenvalue weighted by molar-refractivity contribution is -0.119. The molecule has 178 valence electrons. The lowest BCUT2D eigenvalue weighted by atomic mass is 10.2. The number of para-hydroxylation sites is 2. The molecular weight excluding hydrogens is 466 g/mol. The Balaban J connectivity index is 1.64. The molecule has 0 radical (unpaired) electrons. The highest BCUT2D eigenvalue weighted by Gasteiger charge is 2.45. The molecule has 1 fully saturated rings. The molecule has 0 aliphatic carbocycles. The standard InChI is InChI=1S/C24H22F2N2O5S/c1-32-16-10-12-19(13-11-16)34(30,31)28-15-18(33-17-6-3-2-4-7-17)14-22(28)24(29)27-23-20(25)8-5-9-21(23)26/h2-13,18,22H,14-15H2,1H3,(H,27,29). The Bertz CT molecular complexity index is 1250.